The highest BCUT2D eigenvalue weighted by Crippen LogP contribution is 2.37. The number of carbonyl (C=O) groups excluding carboxylic acids is 1. The van der Waals surface area contributed by atoms with Crippen LogP contribution in [0.3, 0.4) is 0 Å². The Bertz CT molecular complexity index is 743. The lowest BCUT2D eigenvalue weighted by atomic mass is 9.88. The zero-order valence-electron chi connectivity index (χ0n) is 11.9. The maximum atomic E-state index is 12.2. The van der Waals surface area contributed by atoms with Gasteiger partial charge in [-0.05, 0) is 35.2 Å². The van der Waals surface area contributed by atoms with E-state index in [1.54, 1.807) is 0 Å². The minimum atomic E-state index is -0.171. The van der Waals surface area contributed by atoms with Crippen LogP contribution < -0.4 is 5.32 Å². The molecular weight excluding hydrogens is 258 g/mol. The number of amides is 1. The Morgan fingerprint density at radius 1 is 1.14 bits per heavy atom. The molecule has 3 rings (SSSR count). The van der Waals surface area contributed by atoms with Gasteiger partial charge in [-0.2, -0.15) is 0 Å². The van der Waals surface area contributed by atoms with Crippen LogP contribution in [0.25, 0.3) is 6.08 Å². The lowest BCUT2D eigenvalue weighted by Crippen LogP contribution is -2.19. The molecule has 1 amide bonds. The fraction of sp³-hybridized carbons (Fsp3) is 0.105. The number of allylic oxidation sites excluding steroid dienone is 1. The van der Waals surface area contributed by atoms with Gasteiger partial charge in [0.1, 0.15) is 0 Å². The smallest absolute Gasteiger partial charge is 0.256 e. The summed E-state index contributed by atoms with van der Waals surface area (Å²) in [4.78, 5) is 12.2. The summed E-state index contributed by atoms with van der Waals surface area (Å²) in [7, 11) is 0. The van der Waals surface area contributed by atoms with Gasteiger partial charge in [-0.25, -0.2) is 0 Å². The summed E-state index contributed by atoms with van der Waals surface area (Å²) >= 11 is 0. The minimum absolute atomic E-state index is 0.117. The Morgan fingerprint density at radius 3 is 2.71 bits per heavy atom. The number of carbonyl (C=O) groups is 1. The Morgan fingerprint density at radius 2 is 1.90 bits per heavy atom. The Balaban J connectivity index is 2.09. The van der Waals surface area contributed by atoms with Gasteiger partial charge in [0, 0.05) is 11.5 Å². The van der Waals surface area contributed by atoms with Crippen molar-refractivity contribution in [1.82, 2.24) is 5.32 Å². The molecule has 0 aromatic heterocycles. The first-order valence-electron chi connectivity index (χ1n) is 6.91. The van der Waals surface area contributed by atoms with Crippen LogP contribution in [0.5, 0.6) is 0 Å². The van der Waals surface area contributed by atoms with Crippen LogP contribution in [0.15, 0.2) is 55.1 Å². The first-order valence-corrected chi connectivity index (χ1v) is 6.91. The second kappa shape index (κ2) is 5.41. The van der Waals surface area contributed by atoms with Crippen molar-refractivity contribution in [2.45, 2.75) is 12.8 Å². The average Bonchev–Trinajstić information content (AvgIpc) is 2.93. The molecule has 2 aromatic carbocycles. The summed E-state index contributed by atoms with van der Waals surface area (Å²) < 4.78 is 0. The summed E-state index contributed by atoms with van der Waals surface area (Å²) in [6, 6.07) is 14.0. The number of nitrogens with one attached hydrogen (secondary N) is 1. The quantitative estimate of drug-likeness (QED) is 0.847. The second-order valence-electron chi connectivity index (χ2n) is 5.13. The van der Waals surface area contributed by atoms with Crippen LogP contribution in [0.4, 0.5) is 0 Å². The van der Waals surface area contributed by atoms with E-state index in [0.29, 0.717) is 5.56 Å². The zero-order valence-corrected chi connectivity index (χ0v) is 11.9. The van der Waals surface area contributed by atoms with E-state index in [9.17, 15) is 4.79 Å². The molecule has 0 bridgehead atoms. The van der Waals surface area contributed by atoms with Crippen LogP contribution in [0, 0.1) is 13.1 Å². The molecule has 1 radical (unpaired) electrons. The highest BCUT2D eigenvalue weighted by molar-refractivity contribution is 5.96. The second-order valence-corrected chi connectivity index (χ2v) is 5.13. The van der Waals surface area contributed by atoms with Crippen LogP contribution in [0.1, 0.15) is 38.5 Å². The van der Waals surface area contributed by atoms with Crippen molar-refractivity contribution in [3.63, 3.8) is 0 Å². The van der Waals surface area contributed by atoms with Gasteiger partial charge in [-0.3, -0.25) is 4.79 Å². The summed E-state index contributed by atoms with van der Waals surface area (Å²) in [6.07, 6.45) is 6.74. The van der Waals surface area contributed by atoms with E-state index in [1.807, 2.05) is 24.3 Å². The van der Waals surface area contributed by atoms with Gasteiger partial charge in [-0.15, -0.1) is 0 Å². The molecular formula is C19H16NO. The van der Waals surface area contributed by atoms with Crippen molar-refractivity contribution in [3.8, 4) is 0 Å². The first kappa shape index (κ1) is 13.4. The van der Waals surface area contributed by atoms with Gasteiger partial charge in [0.15, 0.2) is 0 Å². The number of aryl methyl sites for hydroxylation is 1. The fourth-order valence-corrected chi connectivity index (χ4v) is 2.89. The molecule has 2 heteroatoms. The van der Waals surface area contributed by atoms with Crippen molar-refractivity contribution < 1.29 is 4.79 Å². The molecule has 1 aliphatic rings. The molecule has 2 nitrogen and oxygen atoms in total. The number of benzene rings is 2. The van der Waals surface area contributed by atoms with Crippen molar-refractivity contribution in [2.24, 2.45) is 0 Å². The Kier molecular flexibility index (Phi) is 3.44. The third-order valence-corrected chi connectivity index (χ3v) is 3.89. The predicted molar refractivity (Wildman–Crippen MR) is 84.8 cm³/mol. The topological polar surface area (TPSA) is 29.1 Å². The van der Waals surface area contributed by atoms with E-state index in [1.165, 1.54) is 16.7 Å². The molecule has 1 N–H and O–H groups in total. The first-order chi connectivity index (χ1) is 10.2. The molecule has 0 saturated heterocycles. The van der Waals surface area contributed by atoms with E-state index in [0.717, 1.165) is 5.56 Å². The summed E-state index contributed by atoms with van der Waals surface area (Å²) in [6.45, 7) is 5.54. The largest absolute Gasteiger partial charge is 0.321 e. The van der Waals surface area contributed by atoms with E-state index in [2.05, 4.69) is 55.4 Å². The van der Waals surface area contributed by atoms with Gasteiger partial charge < -0.3 is 5.32 Å². The molecule has 103 valence electrons. The van der Waals surface area contributed by atoms with E-state index >= 15 is 0 Å². The monoisotopic (exact) mass is 274 g/mol. The van der Waals surface area contributed by atoms with Crippen molar-refractivity contribution in [1.29, 1.82) is 0 Å². The van der Waals surface area contributed by atoms with Gasteiger partial charge in [-0.1, -0.05) is 55.1 Å². The molecule has 21 heavy (non-hydrogen) atoms. The molecule has 1 atom stereocenters. The van der Waals surface area contributed by atoms with E-state index in [4.69, 9.17) is 0 Å². The highest BCUT2D eigenvalue weighted by atomic mass is 16.1. The standard InChI is InChI=1S/C19H16NO/c1-3-20-19(21)18-9-5-4-8-16(18)17-12-11-14-13(2)7-6-10-15(14)17/h4-12,17H,1H2,2H3,(H,20,21). The maximum Gasteiger partial charge on any atom is 0.256 e. The van der Waals surface area contributed by atoms with Crippen LogP contribution in [0.2, 0.25) is 0 Å². The number of rotatable bonds is 3. The van der Waals surface area contributed by atoms with Crippen molar-refractivity contribution >= 4 is 12.0 Å². The van der Waals surface area contributed by atoms with Gasteiger partial charge in [0.05, 0.1) is 6.20 Å². The van der Waals surface area contributed by atoms with Gasteiger partial charge in [0.25, 0.3) is 5.91 Å². The van der Waals surface area contributed by atoms with Crippen LogP contribution in [-0.4, -0.2) is 5.91 Å². The predicted octanol–water partition coefficient (Wildman–Crippen LogP) is 3.83. The lowest BCUT2D eigenvalue weighted by Gasteiger charge is -2.16. The third-order valence-electron chi connectivity index (χ3n) is 3.89. The number of hydrogen-bond donors (Lipinski definition) is 1. The molecule has 0 fully saturated rings. The number of fused-ring (bicyclic) bond motifs is 1. The van der Waals surface area contributed by atoms with Crippen LogP contribution >= 0.6 is 0 Å². The van der Waals surface area contributed by atoms with Crippen molar-refractivity contribution in [3.05, 3.63) is 89.1 Å². The third kappa shape index (κ3) is 2.29. The summed E-state index contributed by atoms with van der Waals surface area (Å²) in [5.41, 5.74) is 5.43. The van der Waals surface area contributed by atoms with Gasteiger partial charge >= 0.3 is 0 Å². The number of hydrogen-bond acceptors (Lipinski definition) is 1. The van der Waals surface area contributed by atoms with E-state index in [-0.39, 0.29) is 11.8 Å². The molecule has 0 aliphatic heterocycles. The maximum absolute atomic E-state index is 12.2. The summed E-state index contributed by atoms with van der Waals surface area (Å²) in [5, 5.41) is 2.54. The van der Waals surface area contributed by atoms with Crippen LogP contribution in [-0.2, 0) is 0 Å². The molecule has 1 aliphatic carbocycles. The normalized spacial score (nSPS) is 15.6. The SMILES string of the molecule is C=[C]NC(=O)c1ccccc1C1C=Cc2c(C)cccc21. The minimum Gasteiger partial charge on any atom is -0.321 e. The summed E-state index contributed by atoms with van der Waals surface area (Å²) in [5.74, 6) is -0.0539. The van der Waals surface area contributed by atoms with Crippen molar-refractivity contribution in [2.75, 3.05) is 0 Å². The fourth-order valence-electron chi connectivity index (χ4n) is 2.89. The Labute approximate surface area is 124 Å². The highest BCUT2D eigenvalue weighted by Gasteiger charge is 2.23. The Hall–Kier alpha value is -2.61. The van der Waals surface area contributed by atoms with Gasteiger partial charge in [0.2, 0.25) is 0 Å². The average molecular weight is 274 g/mol. The molecule has 0 saturated carbocycles. The van der Waals surface area contributed by atoms with E-state index < -0.39 is 0 Å². The zero-order chi connectivity index (χ0) is 14.8. The molecule has 1 unspecified atom stereocenters. The molecule has 2 aromatic rings. The molecule has 0 spiro atoms. The lowest BCUT2D eigenvalue weighted by molar-refractivity contribution is 0.0966. The molecule has 0 heterocycles.